The van der Waals surface area contributed by atoms with E-state index in [1.54, 1.807) is 29.4 Å². The van der Waals surface area contributed by atoms with Crippen LogP contribution in [0.1, 0.15) is 36.2 Å². The average molecular weight is 450 g/mol. The van der Waals surface area contributed by atoms with Crippen molar-refractivity contribution < 1.29 is 9.59 Å². The molecule has 2 atom stereocenters. The van der Waals surface area contributed by atoms with Gasteiger partial charge in [0.05, 0.1) is 5.56 Å². The van der Waals surface area contributed by atoms with Crippen LogP contribution in [0.4, 0.5) is 0 Å². The molecule has 7 nitrogen and oxygen atoms in total. The summed E-state index contributed by atoms with van der Waals surface area (Å²) >= 11 is 0. The number of carbonyl (C=O) groups excluding carboxylic acids is 2. The molecule has 1 aromatic heterocycles. The Hall–Kier alpha value is -2.77. The summed E-state index contributed by atoms with van der Waals surface area (Å²) in [6.07, 6.45) is 3.92. The van der Waals surface area contributed by atoms with Gasteiger partial charge >= 0.3 is 0 Å². The molecule has 2 aromatic rings. The molecule has 176 valence electrons. The molecule has 0 bridgehead atoms. The van der Waals surface area contributed by atoms with Gasteiger partial charge in [0.25, 0.3) is 5.91 Å². The molecule has 0 radical (unpaired) electrons. The van der Waals surface area contributed by atoms with E-state index in [1.165, 1.54) is 5.56 Å². The van der Waals surface area contributed by atoms with Crippen LogP contribution in [0.5, 0.6) is 0 Å². The lowest BCUT2D eigenvalue weighted by atomic mass is 10.1. The molecule has 2 aliphatic heterocycles. The molecular formula is C26H35N5O2. The van der Waals surface area contributed by atoms with Crippen molar-refractivity contribution in [3.63, 3.8) is 0 Å². The highest BCUT2D eigenvalue weighted by Crippen LogP contribution is 2.28. The molecule has 0 aliphatic carbocycles. The number of amides is 2. The summed E-state index contributed by atoms with van der Waals surface area (Å²) < 4.78 is 0. The Balaban J connectivity index is 1.59. The standard InChI is InChI=1S/C26H35N5O2/c1-20(2)17-30(18-21-7-4-3-5-8-21)23-15-24(26(33)29-13-11-27-12-14-29)31(19-23)25(32)22-9-6-10-28-16-22/h3-10,16,20,23-24,27H,11-15,17-19H2,1-2H3. The van der Waals surface area contributed by atoms with Gasteiger partial charge in [-0.05, 0) is 30.0 Å². The normalized spacial score (nSPS) is 21.1. The second-order valence-corrected chi connectivity index (χ2v) is 9.49. The first-order chi connectivity index (χ1) is 16.0. The van der Waals surface area contributed by atoms with E-state index in [9.17, 15) is 9.59 Å². The lowest BCUT2D eigenvalue weighted by molar-refractivity contribution is -0.135. The lowest BCUT2D eigenvalue weighted by Crippen LogP contribution is -2.53. The Kier molecular flexibility index (Phi) is 7.73. The summed E-state index contributed by atoms with van der Waals surface area (Å²) in [6.45, 7) is 9.69. The van der Waals surface area contributed by atoms with Crippen molar-refractivity contribution >= 4 is 11.8 Å². The van der Waals surface area contributed by atoms with E-state index in [0.717, 1.165) is 26.2 Å². The largest absolute Gasteiger partial charge is 0.338 e. The zero-order chi connectivity index (χ0) is 23.2. The van der Waals surface area contributed by atoms with E-state index < -0.39 is 6.04 Å². The van der Waals surface area contributed by atoms with Crippen LogP contribution < -0.4 is 5.32 Å². The fourth-order valence-electron chi connectivity index (χ4n) is 4.92. The third-order valence-corrected chi connectivity index (χ3v) is 6.51. The number of hydrogen-bond donors (Lipinski definition) is 1. The highest BCUT2D eigenvalue weighted by atomic mass is 16.2. The van der Waals surface area contributed by atoms with Crippen LogP contribution in [0.15, 0.2) is 54.9 Å². The van der Waals surface area contributed by atoms with Crippen molar-refractivity contribution in [3.8, 4) is 0 Å². The summed E-state index contributed by atoms with van der Waals surface area (Å²) in [5.41, 5.74) is 1.79. The molecule has 3 heterocycles. The van der Waals surface area contributed by atoms with E-state index >= 15 is 0 Å². The molecule has 7 heteroatoms. The molecule has 1 aromatic carbocycles. The monoisotopic (exact) mass is 449 g/mol. The van der Waals surface area contributed by atoms with Gasteiger partial charge in [-0.3, -0.25) is 19.5 Å². The molecule has 0 spiro atoms. The predicted molar refractivity (Wildman–Crippen MR) is 129 cm³/mol. The van der Waals surface area contributed by atoms with Crippen molar-refractivity contribution in [1.82, 2.24) is 25.0 Å². The van der Waals surface area contributed by atoms with Crippen LogP contribution in [-0.4, -0.2) is 82.9 Å². The second kappa shape index (κ2) is 10.9. The van der Waals surface area contributed by atoms with Gasteiger partial charge in [0.2, 0.25) is 5.91 Å². The Morgan fingerprint density at radius 2 is 1.88 bits per heavy atom. The first-order valence-electron chi connectivity index (χ1n) is 12.0. The van der Waals surface area contributed by atoms with Crippen molar-refractivity contribution in [2.75, 3.05) is 39.3 Å². The minimum atomic E-state index is -0.439. The Bertz CT molecular complexity index is 915. The van der Waals surface area contributed by atoms with Crippen LogP contribution in [0.3, 0.4) is 0 Å². The maximum atomic E-state index is 13.6. The van der Waals surface area contributed by atoms with E-state index in [-0.39, 0.29) is 17.9 Å². The Morgan fingerprint density at radius 1 is 1.12 bits per heavy atom. The molecule has 2 saturated heterocycles. The summed E-state index contributed by atoms with van der Waals surface area (Å²) in [5.74, 6) is 0.447. The fraction of sp³-hybridized carbons (Fsp3) is 0.500. The Labute approximate surface area is 196 Å². The minimum absolute atomic E-state index is 0.0699. The van der Waals surface area contributed by atoms with Crippen LogP contribution in [0.2, 0.25) is 0 Å². The Morgan fingerprint density at radius 3 is 2.55 bits per heavy atom. The topological polar surface area (TPSA) is 68.8 Å². The van der Waals surface area contributed by atoms with E-state index in [4.69, 9.17) is 0 Å². The molecule has 2 aliphatic rings. The maximum absolute atomic E-state index is 13.6. The predicted octanol–water partition coefficient (Wildman–Crippen LogP) is 2.25. The first-order valence-corrected chi connectivity index (χ1v) is 12.0. The maximum Gasteiger partial charge on any atom is 0.256 e. The molecular weight excluding hydrogens is 414 g/mol. The summed E-state index contributed by atoms with van der Waals surface area (Å²) in [7, 11) is 0. The number of nitrogens with one attached hydrogen (secondary N) is 1. The number of piperazine rings is 1. The number of benzene rings is 1. The van der Waals surface area contributed by atoms with Crippen LogP contribution in [0, 0.1) is 5.92 Å². The van der Waals surface area contributed by atoms with Gasteiger partial charge in [-0.15, -0.1) is 0 Å². The number of aromatic nitrogens is 1. The molecule has 0 saturated carbocycles. The lowest BCUT2D eigenvalue weighted by Gasteiger charge is -2.32. The van der Waals surface area contributed by atoms with Gasteiger partial charge in [-0.1, -0.05) is 44.2 Å². The smallest absolute Gasteiger partial charge is 0.256 e. The highest BCUT2D eigenvalue weighted by molar-refractivity contribution is 5.97. The van der Waals surface area contributed by atoms with Gasteiger partial charge in [-0.25, -0.2) is 0 Å². The second-order valence-electron chi connectivity index (χ2n) is 9.49. The van der Waals surface area contributed by atoms with Crippen molar-refractivity contribution in [3.05, 3.63) is 66.0 Å². The first kappa shape index (κ1) is 23.4. The number of rotatable bonds is 7. The third-order valence-electron chi connectivity index (χ3n) is 6.51. The molecule has 2 unspecified atom stereocenters. The van der Waals surface area contributed by atoms with Crippen molar-refractivity contribution in [1.29, 1.82) is 0 Å². The molecule has 2 fully saturated rings. The van der Waals surface area contributed by atoms with Crippen LogP contribution in [0.25, 0.3) is 0 Å². The number of hydrogen-bond acceptors (Lipinski definition) is 5. The molecule has 2 amide bonds. The van der Waals surface area contributed by atoms with Gasteiger partial charge in [0.1, 0.15) is 6.04 Å². The van der Waals surface area contributed by atoms with Gasteiger partial charge in [-0.2, -0.15) is 0 Å². The van der Waals surface area contributed by atoms with Crippen molar-refractivity contribution in [2.24, 2.45) is 5.92 Å². The van der Waals surface area contributed by atoms with Crippen molar-refractivity contribution in [2.45, 2.75) is 38.9 Å². The summed E-state index contributed by atoms with van der Waals surface area (Å²) in [4.78, 5) is 37.3. The number of likely N-dealkylation sites (tertiary alicyclic amines) is 1. The van der Waals surface area contributed by atoms with Gasteiger partial charge < -0.3 is 15.1 Å². The average Bonchev–Trinajstić information content (AvgIpc) is 3.30. The van der Waals surface area contributed by atoms with Crippen LogP contribution in [-0.2, 0) is 11.3 Å². The van der Waals surface area contributed by atoms with Gasteiger partial charge in [0.15, 0.2) is 0 Å². The zero-order valence-corrected chi connectivity index (χ0v) is 19.7. The fourth-order valence-corrected chi connectivity index (χ4v) is 4.92. The minimum Gasteiger partial charge on any atom is -0.338 e. The van der Waals surface area contributed by atoms with Gasteiger partial charge in [0, 0.05) is 64.2 Å². The summed E-state index contributed by atoms with van der Waals surface area (Å²) in [5, 5.41) is 3.30. The number of pyridine rings is 1. The van der Waals surface area contributed by atoms with E-state index in [2.05, 4.69) is 53.3 Å². The number of nitrogens with zero attached hydrogens (tertiary/aromatic N) is 4. The van der Waals surface area contributed by atoms with E-state index in [1.807, 2.05) is 11.0 Å². The van der Waals surface area contributed by atoms with E-state index in [0.29, 0.717) is 37.5 Å². The zero-order valence-electron chi connectivity index (χ0n) is 19.7. The molecule has 33 heavy (non-hydrogen) atoms. The van der Waals surface area contributed by atoms with Crippen LogP contribution >= 0.6 is 0 Å². The molecule has 1 N–H and O–H groups in total. The molecule has 4 rings (SSSR count). The quantitative estimate of drug-likeness (QED) is 0.702. The number of carbonyl (C=O) groups is 2. The third kappa shape index (κ3) is 5.78. The summed E-state index contributed by atoms with van der Waals surface area (Å²) in [6, 6.07) is 13.7. The SMILES string of the molecule is CC(C)CN(Cc1ccccc1)C1CC(C(=O)N2CCNCC2)N(C(=O)c2cccnc2)C1. The highest BCUT2D eigenvalue weighted by Gasteiger charge is 2.43.